The number of Topliss-reactive ketones (excluding diaryl/α,β-unsaturated/α-hetero) is 1. The van der Waals surface area contributed by atoms with Crippen molar-refractivity contribution in [3.63, 3.8) is 0 Å². The Labute approximate surface area is 129 Å². The molecule has 1 N–H and O–H groups in total. The Kier molecular flexibility index (Phi) is 5.30. The number of nitrogens with one attached hydrogen (secondary N) is 1. The number of anilines is 1. The number of rotatable bonds is 7. The number of hydrogen-bond donors (Lipinski definition) is 1. The maximum Gasteiger partial charge on any atom is 0.226 e. The van der Waals surface area contributed by atoms with E-state index in [2.05, 4.69) is 10.4 Å². The first-order valence-electron chi connectivity index (χ1n) is 7.14. The van der Waals surface area contributed by atoms with Gasteiger partial charge in [-0.2, -0.15) is 5.10 Å². The SMILES string of the molecule is CCOc1ccc(C(=O)CCC(=O)Nc2ccn(C)n2)cc1. The van der Waals surface area contributed by atoms with Crippen molar-refractivity contribution in [2.75, 3.05) is 11.9 Å². The van der Waals surface area contributed by atoms with Gasteiger partial charge in [-0.05, 0) is 31.2 Å². The number of carbonyl (C=O) groups is 2. The molecule has 2 aromatic rings. The van der Waals surface area contributed by atoms with Crippen LogP contribution in [-0.4, -0.2) is 28.1 Å². The molecule has 0 aliphatic rings. The van der Waals surface area contributed by atoms with Gasteiger partial charge < -0.3 is 10.1 Å². The molecular weight excluding hydrogens is 282 g/mol. The van der Waals surface area contributed by atoms with Crippen molar-refractivity contribution < 1.29 is 14.3 Å². The quantitative estimate of drug-likeness (QED) is 0.797. The van der Waals surface area contributed by atoms with Gasteiger partial charge in [0, 0.05) is 37.7 Å². The lowest BCUT2D eigenvalue weighted by Crippen LogP contribution is -2.14. The van der Waals surface area contributed by atoms with Crippen LogP contribution in [0.2, 0.25) is 0 Å². The van der Waals surface area contributed by atoms with Gasteiger partial charge in [-0.1, -0.05) is 0 Å². The number of ketones is 1. The van der Waals surface area contributed by atoms with Crippen molar-refractivity contribution in [2.45, 2.75) is 19.8 Å². The first kappa shape index (κ1) is 15.8. The van der Waals surface area contributed by atoms with E-state index in [0.29, 0.717) is 18.0 Å². The second kappa shape index (κ2) is 7.40. The average Bonchev–Trinajstić information content (AvgIpc) is 2.91. The second-order valence-electron chi connectivity index (χ2n) is 4.80. The van der Waals surface area contributed by atoms with Crippen LogP contribution in [0.5, 0.6) is 5.75 Å². The van der Waals surface area contributed by atoms with E-state index in [1.54, 1.807) is 48.3 Å². The van der Waals surface area contributed by atoms with Gasteiger partial charge in [0.2, 0.25) is 5.91 Å². The number of benzene rings is 1. The molecule has 6 heteroatoms. The van der Waals surface area contributed by atoms with Gasteiger partial charge in [0.15, 0.2) is 11.6 Å². The fourth-order valence-corrected chi connectivity index (χ4v) is 1.96. The minimum atomic E-state index is -0.224. The molecule has 0 radical (unpaired) electrons. The largest absolute Gasteiger partial charge is 0.494 e. The number of ether oxygens (including phenoxy) is 1. The van der Waals surface area contributed by atoms with Gasteiger partial charge in [0.1, 0.15) is 5.75 Å². The maximum absolute atomic E-state index is 12.0. The molecule has 0 bridgehead atoms. The molecule has 0 fully saturated rings. The van der Waals surface area contributed by atoms with E-state index < -0.39 is 0 Å². The summed E-state index contributed by atoms with van der Waals surface area (Å²) in [4.78, 5) is 23.8. The second-order valence-corrected chi connectivity index (χ2v) is 4.80. The van der Waals surface area contributed by atoms with E-state index in [1.165, 1.54) is 0 Å². The van der Waals surface area contributed by atoms with Crippen LogP contribution < -0.4 is 10.1 Å². The summed E-state index contributed by atoms with van der Waals surface area (Å²) in [5.41, 5.74) is 0.578. The molecule has 0 atom stereocenters. The minimum absolute atomic E-state index is 0.0702. The molecule has 6 nitrogen and oxygen atoms in total. The molecule has 0 unspecified atom stereocenters. The summed E-state index contributed by atoms with van der Waals surface area (Å²) in [7, 11) is 1.77. The smallest absolute Gasteiger partial charge is 0.226 e. The van der Waals surface area contributed by atoms with Crippen molar-refractivity contribution in [1.82, 2.24) is 9.78 Å². The van der Waals surface area contributed by atoms with E-state index in [9.17, 15) is 9.59 Å². The highest BCUT2D eigenvalue weighted by Crippen LogP contribution is 2.14. The fraction of sp³-hybridized carbons (Fsp3) is 0.312. The molecule has 116 valence electrons. The normalized spacial score (nSPS) is 10.3. The predicted octanol–water partition coefficient (Wildman–Crippen LogP) is 2.42. The van der Waals surface area contributed by atoms with Crippen LogP contribution in [0.4, 0.5) is 5.82 Å². The first-order valence-corrected chi connectivity index (χ1v) is 7.14. The zero-order chi connectivity index (χ0) is 15.9. The van der Waals surface area contributed by atoms with E-state index in [-0.39, 0.29) is 24.5 Å². The number of aromatic nitrogens is 2. The fourth-order valence-electron chi connectivity index (χ4n) is 1.96. The minimum Gasteiger partial charge on any atom is -0.494 e. The molecule has 1 aromatic carbocycles. The van der Waals surface area contributed by atoms with Crippen molar-refractivity contribution >= 4 is 17.5 Å². The molecule has 0 spiro atoms. The van der Waals surface area contributed by atoms with Crippen molar-refractivity contribution in [1.29, 1.82) is 0 Å². The molecule has 1 aromatic heterocycles. The third kappa shape index (κ3) is 4.44. The number of carbonyl (C=O) groups excluding carboxylic acids is 2. The standard InChI is InChI=1S/C16H19N3O3/c1-3-22-13-6-4-12(5-7-13)14(20)8-9-16(21)17-15-10-11-19(2)18-15/h4-7,10-11H,3,8-9H2,1-2H3,(H,17,18,21). The van der Waals surface area contributed by atoms with E-state index in [0.717, 1.165) is 5.75 Å². The Morgan fingerprint density at radius 1 is 1.18 bits per heavy atom. The summed E-state index contributed by atoms with van der Waals surface area (Å²) in [5.74, 6) is 0.921. The van der Waals surface area contributed by atoms with Crippen LogP contribution in [0.25, 0.3) is 0 Å². The molecule has 2 rings (SSSR count). The van der Waals surface area contributed by atoms with Crippen LogP contribution in [0.15, 0.2) is 36.5 Å². The van der Waals surface area contributed by atoms with Gasteiger partial charge in [0.25, 0.3) is 0 Å². The van der Waals surface area contributed by atoms with Crippen molar-refractivity contribution in [3.05, 3.63) is 42.1 Å². The van der Waals surface area contributed by atoms with Gasteiger partial charge in [-0.15, -0.1) is 0 Å². The van der Waals surface area contributed by atoms with Gasteiger partial charge in [0.05, 0.1) is 6.61 Å². The lowest BCUT2D eigenvalue weighted by Gasteiger charge is -2.05. The predicted molar refractivity (Wildman–Crippen MR) is 83.0 cm³/mol. The highest BCUT2D eigenvalue weighted by molar-refractivity contribution is 5.99. The third-order valence-electron chi connectivity index (χ3n) is 3.05. The first-order chi connectivity index (χ1) is 10.6. The lowest BCUT2D eigenvalue weighted by molar-refractivity contribution is -0.116. The van der Waals surface area contributed by atoms with Crippen LogP contribution in [-0.2, 0) is 11.8 Å². The summed E-state index contributed by atoms with van der Waals surface area (Å²) in [6.45, 7) is 2.49. The number of hydrogen-bond acceptors (Lipinski definition) is 4. The van der Waals surface area contributed by atoms with Crippen LogP contribution in [0, 0.1) is 0 Å². The molecule has 22 heavy (non-hydrogen) atoms. The Morgan fingerprint density at radius 3 is 2.50 bits per heavy atom. The Bertz CT molecular complexity index is 647. The molecule has 1 heterocycles. The number of aryl methyl sites for hydroxylation is 1. The Hall–Kier alpha value is -2.63. The summed E-state index contributed by atoms with van der Waals surface area (Å²) in [6, 6.07) is 8.63. The van der Waals surface area contributed by atoms with Crippen LogP contribution in [0.3, 0.4) is 0 Å². The monoisotopic (exact) mass is 301 g/mol. The van der Waals surface area contributed by atoms with E-state index in [4.69, 9.17) is 4.74 Å². The third-order valence-corrected chi connectivity index (χ3v) is 3.05. The van der Waals surface area contributed by atoms with E-state index >= 15 is 0 Å². The van der Waals surface area contributed by atoms with E-state index in [1.807, 2.05) is 6.92 Å². The van der Waals surface area contributed by atoms with Crippen molar-refractivity contribution in [2.24, 2.45) is 7.05 Å². The zero-order valence-electron chi connectivity index (χ0n) is 12.7. The zero-order valence-corrected chi connectivity index (χ0v) is 12.7. The van der Waals surface area contributed by atoms with Gasteiger partial charge >= 0.3 is 0 Å². The van der Waals surface area contributed by atoms with Crippen LogP contribution >= 0.6 is 0 Å². The molecule has 0 saturated heterocycles. The highest BCUT2D eigenvalue weighted by atomic mass is 16.5. The lowest BCUT2D eigenvalue weighted by atomic mass is 10.1. The molecular formula is C16H19N3O3. The summed E-state index contributed by atoms with van der Waals surface area (Å²) in [5, 5.41) is 6.70. The summed E-state index contributed by atoms with van der Waals surface area (Å²) in [6.07, 6.45) is 2.02. The topological polar surface area (TPSA) is 73.2 Å². The molecule has 1 amide bonds. The molecule has 0 aliphatic carbocycles. The van der Waals surface area contributed by atoms with Gasteiger partial charge in [-0.25, -0.2) is 0 Å². The van der Waals surface area contributed by atoms with Crippen molar-refractivity contribution in [3.8, 4) is 5.75 Å². The van der Waals surface area contributed by atoms with Gasteiger partial charge in [-0.3, -0.25) is 14.3 Å². The average molecular weight is 301 g/mol. The number of nitrogens with zero attached hydrogens (tertiary/aromatic N) is 2. The molecule has 0 aliphatic heterocycles. The molecule has 0 saturated carbocycles. The Balaban J connectivity index is 1.82. The maximum atomic E-state index is 12.0. The highest BCUT2D eigenvalue weighted by Gasteiger charge is 2.10. The number of amides is 1. The summed E-state index contributed by atoms with van der Waals surface area (Å²) >= 11 is 0. The summed E-state index contributed by atoms with van der Waals surface area (Å²) < 4.78 is 6.92. The van der Waals surface area contributed by atoms with Crippen LogP contribution in [0.1, 0.15) is 30.1 Å². The Morgan fingerprint density at radius 2 is 1.91 bits per heavy atom.